The summed E-state index contributed by atoms with van der Waals surface area (Å²) in [5.41, 5.74) is 0. The fraction of sp³-hybridized carbons (Fsp3) is 0.571. The Morgan fingerprint density at radius 3 is 2.68 bits per heavy atom. The number of carboxylic acids is 1. The molecule has 0 bridgehead atoms. The summed E-state index contributed by atoms with van der Waals surface area (Å²) in [6, 6.07) is 3.66. The van der Waals surface area contributed by atoms with Gasteiger partial charge in [0.1, 0.15) is 5.76 Å². The molecule has 1 aliphatic carbocycles. The first kappa shape index (κ1) is 13.6. The molecule has 2 rings (SSSR count). The van der Waals surface area contributed by atoms with Gasteiger partial charge in [-0.2, -0.15) is 0 Å². The maximum atomic E-state index is 12.0. The number of furan rings is 1. The third kappa shape index (κ3) is 3.59. The van der Waals surface area contributed by atoms with Crippen LogP contribution in [-0.2, 0) is 16.0 Å². The van der Waals surface area contributed by atoms with E-state index < -0.39 is 11.9 Å². The standard InChI is InChI=1S/C14H19NO4/c16-13(15-8-7-10-4-3-9-19-10)11-5-1-2-6-12(11)14(17)18/h3-4,9,11-12H,1-2,5-8H2,(H,15,16)(H,17,18)/t11-,12+/m1/s1. The van der Waals surface area contributed by atoms with Crippen molar-refractivity contribution in [2.45, 2.75) is 32.1 Å². The number of amides is 1. The molecule has 0 aromatic carbocycles. The van der Waals surface area contributed by atoms with Gasteiger partial charge in [0.2, 0.25) is 5.91 Å². The summed E-state index contributed by atoms with van der Waals surface area (Å²) in [7, 11) is 0. The first-order valence-corrected chi connectivity index (χ1v) is 6.71. The molecule has 1 fully saturated rings. The van der Waals surface area contributed by atoms with Crippen molar-refractivity contribution >= 4 is 11.9 Å². The zero-order valence-electron chi connectivity index (χ0n) is 10.8. The van der Waals surface area contributed by atoms with Crippen molar-refractivity contribution < 1.29 is 19.1 Å². The molecule has 1 saturated carbocycles. The molecule has 1 aromatic rings. The Balaban J connectivity index is 1.82. The van der Waals surface area contributed by atoms with Crippen LogP contribution < -0.4 is 5.32 Å². The van der Waals surface area contributed by atoms with E-state index in [9.17, 15) is 9.59 Å². The van der Waals surface area contributed by atoms with E-state index >= 15 is 0 Å². The lowest BCUT2D eigenvalue weighted by molar-refractivity contribution is -0.148. The van der Waals surface area contributed by atoms with Crippen LogP contribution in [0.1, 0.15) is 31.4 Å². The highest BCUT2D eigenvalue weighted by atomic mass is 16.4. The van der Waals surface area contributed by atoms with Crippen LogP contribution in [0, 0.1) is 11.8 Å². The molecule has 1 aromatic heterocycles. The van der Waals surface area contributed by atoms with Crippen LogP contribution in [0.15, 0.2) is 22.8 Å². The summed E-state index contributed by atoms with van der Waals surface area (Å²) in [6.45, 7) is 0.481. The van der Waals surface area contributed by atoms with Crippen molar-refractivity contribution in [3.8, 4) is 0 Å². The Morgan fingerprint density at radius 1 is 1.32 bits per heavy atom. The Kier molecular flexibility index (Phi) is 4.60. The third-order valence-electron chi connectivity index (χ3n) is 3.67. The average molecular weight is 265 g/mol. The Hall–Kier alpha value is -1.78. The molecule has 5 nitrogen and oxygen atoms in total. The number of carboxylic acid groups (broad SMARTS) is 1. The van der Waals surface area contributed by atoms with Gasteiger partial charge in [-0.3, -0.25) is 9.59 Å². The molecule has 104 valence electrons. The number of nitrogens with one attached hydrogen (secondary N) is 1. The minimum absolute atomic E-state index is 0.140. The van der Waals surface area contributed by atoms with Crippen LogP contribution >= 0.6 is 0 Å². The molecule has 0 radical (unpaired) electrons. The topological polar surface area (TPSA) is 79.5 Å². The van der Waals surface area contributed by atoms with Gasteiger partial charge >= 0.3 is 5.97 Å². The van der Waals surface area contributed by atoms with E-state index in [1.54, 1.807) is 12.3 Å². The lowest BCUT2D eigenvalue weighted by atomic mass is 9.78. The quantitative estimate of drug-likeness (QED) is 0.851. The van der Waals surface area contributed by atoms with Crippen LogP contribution in [0.3, 0.4) is 0 Å². The van der Waals surface area contributed by atoms with Gasteiger partial charge in [-0.15, -0.1) is 0 Å². The molecule has 1 heterocycles. The summed E-state index contributed by atoms with van der Waals surface area (Å²) in [5, 5.41) is 12.0. The zero-order chi connectivity index (χ0) is 13.7. The second-order valence-electron chi connectivity index (χ2n) is 4.96. The maximum Gasteiger partial charge on any atom is 0.307 e. The highest BCUT2D eigenvalue weighted by molar-refractivity contribution is 5.84. The van der Waals surface area contributed by atoms with Crippen molar-refractivity contribution in [2.75, 3.05) is 6.54 Å². The zero-order valence-corrected chi connectivity index (χ0v) is 10.8. The van der Waals surface area contributed by atoms with Crippen LogP contribution in [0.4, 0.5) is 0 Å². The number of carbonyl (C=O) groups is 2. The van der Waals surface area contributed by atoms with E-state index in [1.807, 2.05) is 6.07 Å². The lowest BCUT2D eigenvalue weighted by Crippen LogP contribution is -2.40. The first-order chi connectivity index (χ1) is 9.18. The minimum atomic E-state index is -0.856. The van der Waals surface area contributed by atoms with Gasteiger partial charge in [-0.25, -0.2) is 0 Å². The SMILES string of the molecule is O=C(O)[C@H]1CCCC[C@H]1C(=O)NCCc1ccco1. The third-order valence-corrected chi connectivity index (χ3v) is 3.67. The van der Waals surface area contributed by atoms with Gasteiger partial charge in [-0.1, -0.05) is 12.8 Å². The fourth-order valence-corrected chi connectivity index (χ4v) is 2.64. The highest BCUT2D eigenvalue weighted by Gasteiger charge is 2.35. The van der Waals surface area contributed by atoms with Crippen molar-refractivity contribution in [1.29, 1.82) is 0 Å². The molecule has 1 amide bonds. The molecule has 19 heavy (non-hydrogen) atoms. The number of aliphatic carboxylic acids is 1. The van der Waals surface area contributed by atoms with E-state index in [4.69, 9.17) is 9.52 Å². The molecule has 0 aliphatic heterocycles. The molecule has 5 heteroatoms. The molecule has 2 atom stereocenters. The van der Waals surface area contributed by atoms with Crippen molar-refractivity contribution in [3.05, 3.63) is 24.2 Å². The molecule has 2 N–H and O–H groups in total. The van der Waals surface area contributed by atoms with Gasteiger partial charge in [0.05, 0.1) is 18.1 Å². The van der Waals surface area contributed by atoms with Gasteiger partial charge < -0.3 is 14.8 Å². The van der Waals surface area contributed by atoms with Crippen LogP contribution in [-0.4, -0.2) is 23.5 Å². The van der Waals surface area contributed by atoms with E-state index in [0.717, 1.165) is 18.6 Å². The summed E-state index contributed by atoms with van der Waals surface area (Å²) >= 11 is 0. The van der Waals surface area contributed by atoms with Gasteiger partial charge in [0, 0.05) is 13.0 Å². The van der Waals surface area contributed by atoms with E-state index in [-0.39, 0.29) is 11.8 Å². The van der Waals surface area contributed by atoms with Gasteiger partial charge in [0.15, 0.2) is 0 Å². The fourth-order valence-electron chi connectivity index (χ4n) is 2.64. The summed E-state index contributed by atoms with van der Waals surface area (Å²) in [4.78, 5) is 23.2. The first-order valence-electron chi connectivity index (χ1n) is 6.71. The maximum absolute atomic E-state index is 12.0. The second-order valence-corrected chi connectivity index (χ2v) is 4.96. The minimum Gasteiger partial charge on any atom is -0.481 e. The normalized spacial score (nSPS) is 22.9. The van der Waals surface area contributed by atoms with Gasteiger partial charge in [-0.05, 0) is 25.0 Å². The number of carbonyl (C=O) groups excluding carboxylic acids is 1. The average Bonchev–Trinajstić information content (AvgIpc) is 2.91. The van der Waals surface area contributed by atoms with Crippen LogP contribution in [0.5, 0.6) is 0 Å². The Labute approximate surface area is 112 Å². The van der Waals surface area contributed by atoms with Gasteiger partial charge in [0.25, 0.3) is 0 Å². The van der Waals surface area contributed by atoms with Crippen molar-refractivity contribution in [1.82, 2.24) is 5.32 Å². The second kappa shape index (κ2) is 6.41. The monoisotopic (exact) mass is 265 g/mol. The Morgan fingerprint density at radius 2 is 2.05 bits per heavy atom. The molecule has 0 unspecified atom stereocenters. The number of rotatable bonds is 5. The van der Waals surface area contributed by atoms with Crippen molar-refractivity contribution in [2.24, 2.45) is 11.8 Å². The Bertz CT molecular complexity index is 427. The van der Waals surface area contributed by atoms with E-state index in [1.165, 1.54) is 0 Å². The molecule has 0 saturated heterocycles. The smallest absolute Gasteiger partial charge is 0.307 e. The number of hydrogen-bond donors (Lipinski definition) is 2. The predicted molar refractivity (Wildman–Crippen MR) is 68.5 cm³/mol. The van der Waals surface area contributed by atoms with Crippen LogP contribution in [0.25, 0.3) is 0 Å². The molecular weight excluding hydrogens is 246 g/mol. The van der Waals surface area contributed by atoms with E-state index in [0.29, 0.717) is 25.8 Å². The van der Waals surface area contributed by atoms with Crippen LogP contribution in [0.2, 0.25) is 0 Å². The molecule has 0 spiro atoms. The largest absolute Gasteiger partial charge is 0.481 e. The van der Waals surface area contributed by atoms with E-state index in [2.05, 4.69) is 5.32 Å². The highest BCUT2D eigenvalue weighted by Crippen LogP contribution is 2.30. The summed E-state index contributed by atoms with van der Waals surface area (Å²) in [6.07, 6.45) is 5.32. The van der Waals surface area contributed by atoms with Crippen molar-refractivity contribution in [3.63, 3.8) is 0 Å². The molecule has 1 aliphatic rings. The molecular formula is C14H19NO4. The number of hydrogen-bond acceptors (Lipinski definition) is 3. The summed E-state index contributed by atoms with van der Waals surface area (Å²) in [5.74, 6) is -1.09. The summed E-state index contributed by atoms with van der Waals surface area (Å²) < 4.78 is 5.17. The predicted octanol–water partition coefficient (Wildman–Crippen LogP) is 1.83. The lowest BCUT2D eigenvalue weighted by Gasteiger charge is -2.27.